The maximum Gasteiger partial charge on any atom is 0.322 e. The molecule has 1 heterocycles. The van der Waals surface area contributed by atoms with Gasteiger partial charge < -0.3 is 19.9 Å². The van der Waals surface area contributed by atoms with Crippen molar-refractivity contribution in [2.24, 2.45) is 5.73 Å². The Morgan fingerprint density at radius 3 is 3.00 bits per heavy atom. The Bertz CT molecular complexity index is 419. The molecule has 1 aliphatic rings. The van der Waals surface area contributed by atoms with Crippen molar-refractivity contribution in [2.45, 2.75) is 18.9 Å². The Morgan fingerprint density at radius 1 is 1.47 bits per heavy atom. The minimum absolute atomic E-state index is 0.264. The second kappa shape index (κ2) is 5.05. The summed E-state index contributed by atoms with van der Waals surface area (Å²) in [5, 5.41) is 0. The van der Waals surface area contributed by atoms with Gasteiger partial charge in [0.05, 0.1) is 7.11 Å². The highest BCUT2D eigenvalue weighted by Crippen LogP contribution is 2.32. The summed E-state index contributed by atoms with van der Waals surface area (Å²) in [6, 6.07) is 5.14. The standard InChI is InChI=1S/C12H15NO4/c1-15-12(14)9(13)4-2-8-3-5-10-11(6-8)17-7-16-10/h3,5-6,9H,2,4,7,13H2,1H3. The van der Waals surface area contributed by atoms with Crippen molar-refractivity contribution in [3.8, 4) is 11.5 Å². The molecule has 2 rings (SSSR count). The number of rotatable bonds is 4. The maximum absolute atomic E-state index is 11.1. The van der Waals surface area contributed by atoms with E-state index in [-0.39, 0.29) is 12.8 Å². The predicted octanol–water partition coefficient (Wildman–Crippen LogP) is 0.848. The van der Waals surface area contributed by atoms with Gasteiger partial charge in [0.1, 0.15) is 6.04 Å². The third-order valence-corrected chi connectivity index (χ3v) is 2.68. The summed E-state index contributed by atoms with van der Waals surface area (Å²) in [5.41, 5.74) is 6.72. The largest absolute Gasteiger partial charge is 0.468 e. The first-order chi connectivity index (χ1) is 8.20. The van der Waals surface area contributed by atoms with E-state index in [2.05, 4.69) is 4.74 Å². The van der Waals surface area contributed by atoms with Gasteiger partial charge in [-0.05, 0) is 30.5 Å². The number of methoxy groups -OCH3 is 1. The van der Waals surface area contributed by atoms with Crippen molar-refractivity contribution in [3.05, 3.63) is 23.8 Å². The van der Waals surface area contributed by atoms with Crippen LogP contribution >= 0.6 is 0 Å². The lowest BCUT2D eigenvalue weighted by Gasteiger charge is -2.09. The van der Waals surface area contributed by atoms with Crippen LogP contribution in [0.25, 0.3) is 0 Å². The lowest BCUT2D eigenvalue weighted by molar-refractivity contribution is -0.142. The summed E-state index contributed by atoms with van der Waals surface area (Å²) >= 11 is 0. The number of carbonyl (C=O) groups is 1. The Hall–Kier alpha value is -1.75. The number of esters is 1. The zero-order chi connectivity index (χ0) is 12.3. The first-order valence-corrected chi connectivity index (χ1v) is 5.42. The highest BCUT2D eigenvalue weighted by molar-refractivity contribution is 5.75. The van der Waals surface area contributed by atoms with Gasteiger partial charge >= 0.3 is 5.97 Å². The molecule has 0 fully saturated rings. The van der Waals surface area contributed by atoms with Crippen molar-refractivity contribution < 1.29 is 19.0 Å². The third kappa shape index (κ3) is 2.68. The molecule has 0 bridgehead atoms. The molecule has 0 spiro atoms. The van der Waals surface area contributed by atoms with Crippen LogP contribution in [0.5, 0.6) is 11.5 Å². The van der Waals surface area contributed by atoms with E-state index in [1.807, 2.05) is 18.2 Å². The van der Waals surface area contributed by atoms with E-state index in [0.717, 1.165) is 17.1 Å². The van der Waals surface area contributed by atoms with E-state index < -0.39 is 6.04 Å². The monoisotopic (exact) mass is 237 g/mol. The smallest absolute Gasteiger partial charge is 0.322 e. The summed E-state index contributed by atoms with van der Waals surface area (Å²) in [5.74, 6) is 1.12. The molecule has 1 aromatic carbocycles. The molecule has 0 aromatic heterocycles. The molecule has 0 radical (unpaired) electrons. The van der Waals surface area contributed by atoms with Gasteiger partial charge in [0, 0.05) is 0 Å². The number of benzene rings is 1. The fourth-order valence-electron chi connectivity index (χ4n) is 1.69. The third-order valence-electron chi connectivity index (χ3n) is 2.68. The summed E-state index contributed by atoms with van der Waals surface area (Å²) < 4.78 is 15.0. The van der Waals surface area contributed by atoms with E-state index >= 15 is 0 Å². The molecule has 0 amide bonds. The summed E-state index contributed by atoms with van der Waals surface area (Å²) in [6.45, 7) is 0.264. The molecule has 92 valence electrons. The molecule has 5 heteroatoms. The first-order valence-electron chi connectivity index (χ1n) is 5.42. The van der Waals surface area contributed by atoms with Crippen LogP contribution in [-0.2, 0) is 16.0 Å². The van der Waals surface area contributed by atoms with Gasteiger partial charge in [-0.3, -0.25) is 4.79 Å². The molecule has 1 unspecified atom stereocenters. The number of ether oxygens (including phenoxy) is 3. The first kappa shape index (κ1) is 11.7. The summed E-state index contributed by atoms with van der Waals surface area (Å²) in [4.78, 5) is 11.1. The second-order valence-electron chi connectivity index (χ2n) is 3.86. The zero-order valence-electron chi connectivity index (χ0n) is 9.64. The Balaban J connectivity index is 1.93. The van der Waals surface area contributed by atoms with Crippen LogP contribution in [-0.4, -0.2) is 25.9 Å². The van der Waals surface area contributed by atoms with Crippen molar-refractivity contribution in [3.63, 3.8) is 0 Å². The van der Waals surface area contributed by atoms with Crippen molar-refractivity contribution >= 4 is 5.97 Å². The fraction of sp³-hybridized carbons (Fsp3) is 0.417. The molecule has 0 aliphatic carbocycles. The van der Waals surface area contributed by atoms with Gasteiger partial charge in [-0.2, -0.15) is 0 Å². The van der Waals surface area contributed by atoms with Crippen LogP contribution in [0.4, 0.5) is 0 Å². The van der Waals surface area contributed by atoms with Gasteiger partial charge in [0.15, 0.2) is 11.5 Å². The maximum atomic E-state index is 11.1. The second-order valence-corrected chi connectivity index (χ2v) is 3.86. The van der Waals surface area contributed by atoms with E-state index in [9.17, 15) is 4.79 Å². The molecular weight excluding hydrogens is 222 g/mol. The van der Waals surface area contributed by atoms with Crippen molar-refractivity contribution in [1.82, 2.24) is 0 Å². The Morgan fingerprint density at radius 2 is 2.24 bits per heavy atom. The van der Waals surface area contributed by atoms with Crippen LogP contribution in [0.2, 0.25) is 0 Å². The SMILES string of the molecule is COC(=O)C(N)CCc1ccc2c(c1)OCO2. The highest BCUT2D eigenvalue weighted by Gasteiger charge is 2.16. The van der Waals surface area contributed by atoms with E-state index in [4.69, 9.17) is 15.2 Å². The van der Waals surface area contributed by atoms with E-state index in [0.29, 0.717) is 12.8 Å². The van der Waals surface area contributed by atoms with Crippen LogP contribution in [0.1, 0.15) is 12.0 Å². The Kier molecular flexibility index (Phi) is 3.49. The fourth-order valence-corrected chi connectivity index (χ4v) is 1.69. The van der Waals surface area contributed by atoms with Gasteiger partial charge in [0.2, 0.25) is 6.79 Å². The quantitative estimate of drug-likeness (QED) is 0.786. The number of carbonyl (C=O) groups excluding carboxylic acids is 1. The molecule has 17 heavy (non-hydrogen) atoms. The normalized spacial score (nSPS) is 14.5. The van der Waals surface area contributed by atoms with Gasteiger partial charge in [0.25, 0.3) is 0 Å². The molecule has 5 nitrogen and oxygen atoms in total. The van der Waals surface area contributed by atoms with Crippen molar-refractivity contribution in [2.75, 3.05) is 13.9 Å². The lowest BCUT2D eigenvalue weighted by Crippen LogP contribution is -2.31. The van der Waals surface area contributed by atoms with Crippen molar-refractivity contribution in [1.29, 1.82) is 0 Å². The average molecular weight is 237 g/mol. The minimum atomic E-state index is -0.578. The van der Waals surface area contributed by atoms with Gasteiger partial charge in [-0.1, -0.05) is 6.07 Å². The van der Waals surface area contributed by atoms with Crippen LogP contribution in [0.15, 0.2) is 18.2 Å². The van der Waals surface area contributed by atoms with E-state index in [1.165, 1.54) is 7.11 Å². The zero-order valence-corrected chi connectivity index (χ0v) is 9.64. The minimum Gasteiger partial charge on any atom is -0.468 e. The molecule has 1 aliphatic heterocycles. The lowest BCUT2D eigenvalue weighted by atomic mass is 10.1. The molecule has 2 N–H and O–H groups in total. The topological polar surface area (TPSA) is 70.8 Å². The summed E-state index contributed by atoms with van der Waals surface area (Å²) in [7, 11) is 1.34. The van der Waals surface area contributed by atoms with Crippen LogP contribution < -0.4 is 15.2 Å². The summed E-state index contributed by atoms with van der Waals surface area (Å²) in [6.07, 6.45) is 1.25. The molecule has 0 saturated carbocycles. The molecule has 1 aromatic rings. The van der Waals surface area contributed by atoms with E-state index in [1.54, 1.807) is 0 Å². The number of hydrogen-bond acceptors (Lipinski definition) is 5. The van der Waals surface area contributed by atoms with Gasteiger partial charge in [-0.25, -0.2) is 0 Å². The highest BCUT2D eigenvalue weighted by atomic mass is 16.7. The van der Waals surface area contributed by atoms with Gasteiger partial charge in [-0.15, -0.1) is 0 Å². The predicted molar refractivity (Wildman–Crippen MR) is 60.9 cm³/mol. The average Bonchev–Trinajstić information content (AvgIpc) is 2.82. The Labute approximate surface area is 99.5 Å². The van der Waals surface area contributed by atoms with Crippen LogP contribution in [0.3, 0.4) is 0 Å². The molecular formula is C12H15NO4. The molecule has 1 atom stereocenters. The number of nitrogens with two attached hydrogens (primary N) is 1. The number of fused-ring (bicyclic) bond motifs is 1. The molecule has 0 saturated heterocycles. The van der Waals surface area contributed by atoms with Crippen LogP contribution in [0, 0.1) is 0 Å². The number of aryl methyl sites for hydroxylation is 1. The number of hydrogen-bond donors (Lipinski definition) is 1.